The zero-order valence-corrected chi connectivity index (χ0v) is 8.61. The molecule has 0 unspecified atom stereocenters. The number of nitrogens with one attached hydrogen (secondary N) is 1. The summed E-state index contributed by atoms with van der Waals surface area (Å²) in [5.41, 5.74) is -0.617. The molecule has 1 heterocycles. The Morgan fingerprint density at radius 1 is 1.53 bits per heavy atom. The zero-order chi connectivity index (χ0) is 13.1. The molecule has 0 aliphatic carbocycles. The first-order valence-electron chi connectivity index (χ1n) is 4.36. The van der Waals surface area contributed by atoms with Crippen molar-refractivity contribution in [3.8, 4) is 5.88 Å². The number of rotatable bonds is 4. The van der Waals surface area contributed by atoms with Gasteiger partial charge in [0.05, 0.1) is 4.92 Å². The zero-order valence-electron chi connectivity index (χ0n) is 8.61. The highest BCUT2D eigenvalue weighted by Crippen LogP contribution is 2.27. The third-order valence-electron chi connectivity index (χ3n) is 1.67. The van der Waals surface area contributed by atoms with Crippen LogP contribution in [0.15, 0.2) is 12.1 Å². The van der Waals surface area contributed by atoms with Crippen LogP contribution in [0.25, 0.3) is 0 Å². The largest absolute Gasteiger partial charge is 0.463 e. The number of halogens is 3. The second-order valence-corrected chi connectivity index (χ2v) is 2.93. The first-order chi connectivity index (χ1) is 7.83. The summed E-state index contributed by atoms with van der Waals surface area (Å²) >= 11 is 0. The molecule has 0 atom stereocenters. The van der Waals surface area contributed by atoms with Crippen LogP contribution in [0.2, 0.25) is 0 Å². The lowest BCUT2D eigenvalue weighted by Gasteiger charge is -2.09. The monoisotopic (exact) mass is 251 g/mol. The van der Waals surface area contributed by atoms with E-state index < -0.39 is 29.3 Å². The first kappa shape index (κ1) is 13.0. The van der Waals surface area contributed by atoms with E-state index in [1.54, 1.807) is 0 Å². The van der Waals surface area contributed by atoms with Gasteiger partial charge in [0.15, 0.2) is 6.61 Å². The smallest absolute Gasteiger partial charge is 0.422 e. The maximum atomic E-state index is 11.9. The minimum Gasteiger partial charge on any atom is -0.463 e. The number of alkyl halides is 3. The Labute approximate surface area is 93.6 Å². The normalized spacial score (nSPS) is 11.1. The van der Waals surface area contributed by atoms with E-state index in [1.165, 1.54) is 13.1 Å². The Hall–Kier alpha value is -2.06. The SMILES string of the molecule is CNc1ccc([N+](=O)[O-])c(OCC(F)(F)F)n1. The van der Waals surface area contributed by atoms with Gasteiger partial charge < -0.3 is 10.1 Å². The van der Waals surface area contributed by atoms with Gasteiger partial charge in [-0.15, -0.1) is 0 Å². The van der Waals surface area contributed by atoms with Crippen molar-refractivity contribution in [1.82, 2.24) is 4.98 Å². The maximum absolute atomic E-state index is 11.9. The average Bonchev–Trinajstić information content (AvgIpc) is 2.24. The van der Waals surface area contributed by atoms with Gasteiger partial charge in [-0.05, 0) is 6.07 Å². The van der Waals surface area contributed by atoms with Crippen molar-refractivity contribution < 1.29 is 22.8 Å². The summed E-state index contributed by atoms with van der Waals surface area (Å²) in [6.45, 7) is -1.63. The van der Waals surface area contributed by atoms with E-state index in [9.17, 15) is 23.3 Å². The number of ether oxygens (including phenoxy) is 1. The third-order valence-corrected chi connectivity index (χ3v) is 1.67. The van der Waals surface area contributed by atoms with Crippen LogP contribution in [-0.4, -0.2) is 29.7 Å². The quantitative estimate of drug-likeness (QED) is 0.653. The van der Waals surface area contributed by atoms with Crippen LogP contribution in [0.4, 0.5) is 24.7 Å². The molecule has 17 heavy (non-hydrogen) atoms. The van der Waals surface area contributed by atoms with Gasteiger partial charge in [-0.3, -0.25) is 10.1 Å². The molecule has 0 radical (unpaired) electrons. The van der Waals surface area contributed by atoms with Crippen LogP contribution in [0, 0.1) is 10.1 Å². The summed E-state index contributed by atoms with van der Waals surface area (Å²) in [6.07, 6.45) is -4.58. The van der Waals surface area contributed by atoms with Crippen LogP contribution in [0.3, 0.4) is 0 Å². The summed E-state index contributed by atoms with van der Waals surface area (Å²) in [6, 6.07) is 2.28. The third kappa shape index (κ3) is 3.78. The lowest BCUT2D eigenvalue weighted by Crippen LogP contribution is -2.20. The van der Waals surface area contributed by atoms with Gasteiger partial charge in [-0.25, -0.2) is 0 Å². The molecule has 0 saturated heterocycles. The van der Waals surface area contributed by atoms with Crippen LogP contribution in [0.5, 0.6) is 5.88 Å². The van der Waals surface area contributed by atoms with Crippen molar-refractivity contribution in [1.29, 1.82) is 0 Å². The molecule has 0 amide bonds. The molecule has 94 valence electrons. The van der Waals surface area contributed by atoms with E-state index in [1.807, 2.05) is 0 Å². The van der Waals surface area contributed by atoms with Gasteiger partial charge in [0.2, 0.25) is 0 Å². The molecule has 0 spiro atoms. The lowest BCUT2D eigenvalue weighted by atomic mass is 10.4. The fourth-order valence-electron chi connectivity index (χ4n) is 0.968. The molecule has 1 rings (SSSR count). The summed E-state index contributed by atoms with van der Waals surface area (Å²) in [5, 5.41) is 13.1. The topological polar surface area (TPSA) is 77.3 Å². The molecule has 1 aromatic heterocycles. The molecule has 0 bridgehead atoms. The number of pyridine rings is 1. The standard InChI is InChI=1S/C8H8F3N3O3/c1-12-6-3-2-5(14(15)16)7(13-6)17-4-8(9,10)11/h2-3H,4H2,1H3,(H,12,13). The highest BCUT2D eigenvalue weighted by atomic mass is 19.4. The van der Waals surface area contributed by atoms with Crippen LogP contribution >= 0.6 is 0 Å². The first-order valence-corrected chi connectivity index (χ1v) is 4.36. The Morgan fingerprint density at radius 2 is 2.18 bits per heavy atom. The number of anilines is 1. The molecule has 0 saturated carbocycles. The number of nitro groups is 1. The van der Waals surface area contributed by atoms with E-state index in [0.29, 0.717) is 0 Å². The number of aromatic nitrogens is 1. The van der Waals surface area contributed by atoms with Gasteiger partial charge >= 0.3 is 11.9 Å². The molecular formula is C8H8F3N3O3. The van der Waals surface area contributed by atoms with E-state index in [4.69, 9.17) is 0 Å². The van der Waals surface area contributed by atoms with E-state index in [2.05, 4.69) is 15.0 Å². The Balaban J connectivity index is 2.97. The number of nitrogens with zero attached hydrogens (tertiary/aromatic N) is 2. The van der Waals surface area contributed by atoms with Gasteiger partial charge in [-0.2, -0.15) is 18.2 Å². The lowest BCUT2D eigenvalue weighted by molar-refractivity contribution is -0.386. The Morgan fingerprint density at radius 3 is 2.65 bits per heavy atom. The van der Waals surface area contributed by atoms with Crippen LogP contribution < -0.4 is 10.1 Å². The van der Waals surface area contributed by atoms with E-state index in [-0.39, 0.29) is 5.82 Å². The molecule has 0 fully saturated rings. The van der Waals surface area contributed by atoms with Crippen molar-refractivity contribution in [3.05, 3.63) is 22.2 Å². The fourth-order valence-corrected chi connectivity index (χ4v) is 0.968. The molecule has 0 aliphatic rings. The molecule has 1 aromatic rings. The van der Waals surface area contributed by atoms with Gasteiger partial charge in [0, 0.05) is 13.1 Å². The molecule has 0 aromatic carbocycles. The van der Waals surface area contributed by atoms with Crippen molar-refractivity contribution in [2.75, 3.05) is 19.0 Å². The molecule has 9 heteroatoms. The minimum absolute atomic E-state index is 0.174. The average molecular weight is 251 g/mol. The van der Waals surface area contributed by atoms with Crippen LogP contribution in [0.1, 0.15) is 0 Å². The van der Waals surface area contributed by atoms with Crippen molar-refractivity contribution in [2.24, 2.45) is 0 Å². The second kappa shape index (κ2) is 4.85. The maximum Gasteiger partial charge on any atom is 0.422 e. The molecule has 1 N–H and O–H groups in total. The minimum atomic E-state index is -4.58. The van der Waals surface area contributed by atoms with E-state index >= 15 is 0 Å². The fraction of sp³-hybridized carbons (Fsp3) is 0.375. The Bertz CT molecular complexity index is 422. The summed E-state index contributed by atoms with van der Waals surface area (Å²) in [4.78, 5) is 13.2. The highest BCUT2D eigenvalue weighted by Gasteiger charge is 2.30. The molecule has 6 nitrogen and oxygen atoms in total. The second-order valence-electron chi connectivity index (χ2n) is 2.93. The van der Waals surface area contributed by atoms with Gasteiger partial charge in [-0.1, -0.05) is 0 Å². The predicted molar refractivity (Wildman–Crippen MR) is 52.0 cm³/mol. The van der Waals surface area contributed by atoms with Crippen molar-refractivity contribution in [2.45, 2.75) is 6.18 Å². The molecular weight excluding hydrogens is 243 g/mol. The number of hydrogen-bond donors (Lipinski definition) is 1. The van der Waals surface area contributed by atoms with Crippen molar-refractivity contribution in [3.63, 3.8) is 0 Å². The van der Waals surface area contributed by atoms with Crippen LogP contribution in [-0.2, 0) is 0 Å². The van der Waals surface area contributed by atoms with Crippen molar-refractivity contribution >= 4 is 11.5 Å². The van der Waals surface area contributed by atoms with Gasteiger partial charge in [0.25, 0.3) is 5.88 Å². The van der Waals surface area contributed by atoms with E-state index in [0.717, 1.165) is 6.07 Å². The molecule has 0 aliphatic heterocycles. The predicted octanol–water partition coefficient (Wildman–Crippen LogP) is 1.97. The Kier molecular flexibility index (Phi) is 3.71. The summed E-state index contributed by atoms with van der Waals surface area (Å²) in [7, 11) is 1.47. The summed E-state index contributed by atoms with van der Waals surface area (Å²) < 4.78 is 40.0. The highest BCUT2D eigenvalue weighted by molar-refractivity contribution is 5.48. The summed E-state index contributed by atoms with van der Waals surface area (Å²) in [5.74, 6) is -0.494. The van der Waals surface area contributed by atoms with Gasteiger partial charge in [0.1, 0.15) is 5.82 Å². The number of hydrogen-bond acceptors (Lipinski definition) is 5.